The lowest BCUT2D eigenvalue weighted by molar-refractivity contribution is 0.324. The van der Waals surface area contributed by atoms with Gasteiger partial charge in [0.25, 0.3) is 0 Å². The summed E-state index contributed by atoms with van der Waals surface area (Å²) in [4.78, 5) is 0. The van der Waals surface area contributed by atoms with Crippen molar-refractivity contribution in [3.05, 3.63) is 73.2 Å². The van der Waals surface area contributed by atoms with Crippen LogP contribution in [0, 0.1) is 11.8 Å². The first-order valence-corrected chi connectivity index (χ1v) is 7.17. The number of hydrogen-bond acceptors (Lipinski definition) is 0. The van der Waals surface area contributed by atoms with Gasteiger partial charge >= 0.3 is 0 Å². The molecule has 1 saturated carbocycles. The lowest BCUT2D eigenvalue weighted by atomic mass is 9.79. The maximum Gasteiger partial charge on any atom is 0.116 e. The summed E-state index contributed by atoms with van der Waals surface area (Å²) < 4.78 is 12.5. The van der Waals surface area contributed by atoms with Crippen molar-refractivity contribution in [2.45, 2.75) is 32.6 Å². The van der Waals surface area contributed by atoms with Crippen molar-refractivity contribution in [3.63, 3.8) is 0 Å². The molecular formula is C19H25F. The molecule has 1 fully saturated rings. The van der Waals surface area contributed by atoms with Crippen LogP contribution in [0.25, 0.3) is 0 Å². The van der Waals surface area contributed by atoms with Gasteiger partial charge in [0, 0.05) is 0 Å². The Hall–Kier alpha value is -1.63. The highest BCUT2D eigenvalue weighted by molar-refractivity contribution is 5.45. The van der Waals surface area contributed by atoms with Gasteiger partial charge < -0.3 is 0 Å². The third-order valence-corrected chi connectivity index (χ3v) is 3.92. The molecule has 0 aromatic carbocycles. The zero-order chi connectivity index (χ0) is 15.1. The van der Waals surface area contributed by atoms with Crippen LogP contribution in [-0.4, -0.2) is 0 Å². The normalized spacial score (nSPS) is 23.1. The van der Waals surface area contributed by atoms with E-state index in [1.54, 1.807) is 6.08 Å². The highest BCUT2D eigenvalue weighted by Crippen LogP contribution is 2.32. The first-order chi connectivity index (χ1) is 9.40. The topological polar surface area (TPSA) is 0 Å². The van der Waals surface area contributed by atoms with E-state index in [0.29, 0.717) is 11.5 Å². The molecule has 1 aliphatic rings. The van der Waals surface area contributed by atoms with Crippen molar-refractivity contribution in [2.24, 2.45) is 11.8 Å². The van der Waals surface area contributed by atoms with Gasteiger partial charge in [0.2, 0.25) is 0 Å². The van der Waals surface area contributed by atoms with Crippen LogP contribution >= 0.6 is 0 Å². The van der Waals surface area contributed by atoms with Gasteiger partial charge in [0.05, 0.1) is 0 Å². The first-order valence-electron chi connectivity index (χ1n) is 7.17. The van der Waals surface area contributed by atoms with Gasteiger partial charge in [-0.1, -0.05) is 69.9 Å². The average molecular weight is 272 g/mol. The van der Waals surface area contributed by atoms with Crippen molar-refractivity contribution >= 4 is 0 Å². The van der Waals surface area contributed by atoms with Gasteiger partial charge in [-0.25, -0.2) is 4.39 Å². The predicted molar refractivity (Wildman–Crippen MR) is 87.1 cm³/mol. The molecule has 0 N–H and O–H groups in total. The lowest BCUT2D eigenvalue weighted by Gasteiger charge is -2.26. The third kappa shape index (κ3) is 5.56. The SMILES string of the molecule is C=C(F)/C=C\C(=C)C(=C)/C=C\C(=C)C1CCC(C)CC1. The van der Waals surface area contributed by atoms with Crippen LogP contribution in [0.3, 0.4) is 0 Å². The number of halogens is 1. The molecule has 0 amide bonds. The predicted octanol–water partition coefficient (Wildman–Crippen LogP) is 6.08. The smallest absolute Gasteiger partial charge is 0.116 e. The average Bonchev–Trinajstić information content (AvgIpc) is 2.42. The fraction of sp³-hybridized carbons (Fsp3) is 0.368. The van der Waals surface area contributed by atoms with Gasteiger partial charge in [-0.2, -0.15) is 0 Å². The van der Waals surface area contributed by atoms with E-state index >= 15 is 0 Å². The van der Waals surface area contributed by atoms with Crippen LogP contribution in [0.15, 0.2) is 73.2 Å². The second-order valence-corrected chi connectivity index (χ2v) is 5.70. The van der Waals surface area contributed by atoms with E-state index in [2.05, 4.69) is 33.2 Å². The molecule has 1 heteroatoms. The van der Waals surface area contributed by atoms with Crippen molar-refractivity contribution < 1.29 is 4.39 Å². The molecule has 0 atom stereocenters. The third-order valence-electron chi connectivity index (χ3n) is 3.92. The van der Waals surface area contributed by atoms with Crippen LogP contribution in [-0.2, 0) is 0 Å². The number of allylic oxidation sites excluding steroid dienone is 8. The molecule has 0 radical (unpaired) electrons. The summed E-state index contributed by atoms with van der Waals surface area (Å²) in [6.07, 6.45) is 11.8. The van der Waals surface area contributed by atoms with Gasteiger partial charge in [0.1, 0.15) is 5.83 Å². The van der Waals surface area contributed by atoms with Crippen LogP contribution in [0.2, 0.25) is 0 Å². The molecule has 0 aliphatic heterocycles. The van der Waals surface area contributed by atoms with Crippen molar-refractivity contribution in [2.75, 3.05) is 0 Å². The molecule has 0 bridgehead atoms. The molecule has 108 valence electrons. The summed E-state index contributed by atoms with van der Waals surface area (Å²) in [6, 6.07) is 0. The Morgan fingerprint density at radius 3 is 1.85 bits per heavy atom. The van der Waals surface area contributed by atoms with Crippen LogP contribution < -0.4 is 0 Å². The van der Waals surface area contributed by atoms with E-state index < -0.39 is 5.83 Å². The standard InChI is InChI=1S/C19H25F/c1-14-6-12-19(13-7-14)17(4)9-8-15(2)16(3)10-11-18(5)20/h8-11,14,19H,2-7,12-13H2,1H3/b9-8-,11-10-. The van der Waals surface area contributed by atoms with Crippen molar-refractivity contribution in [1.29, 1.82) is 0 Å². The number of hydrogen-bond donors (Lipinski definition) is 0. The molecule has 0 heterocycles. The summed E-state index contributed by atoms with van der Waals surface area (Å²) in [5.74, 6) is 0.949. The van der Waals surface area contributed by atoms with E-state index in [1.807, 2.05) is 12.2 Å². The summed E-state index contributed by atoms with van der Waals surface area (Å²) in [5.41, 5.74) is 2.61. The molecule has 1 aliphatic carbocycles. The molecule has 0 aromatic heterocycles. The Labute approximate surface area is 122 Å². The molecule has 0 nitrogen and oxygen atoms in total. The van der Waals surface area contributed by atoms with Crippen LogP contribution in [0.4, 0.5) is 4.39 Å². The summed E-state index contributed by atoms with van der Waals surface area (Å²) in [6.45, 7) is 17.4. The first kappa shape index (κ1) is 16.4. The second-order valence-electron chi connectivity index (χ2n) is 5.70. The largest absolute Gasteiger partial charge is 0.208 e. The van der Waals surface area contributed by atoms with E-state index in [-0.39, 0.29) is 0 Å². The molecular weight excluding hydrogens is 247 g/mol. The maximum absolute atomic E-state index is 12.5. The summed E-state index contributed by atoms with van der Waals surface area (Å²) in [5, 5.41) is 0. The Balaban J connectivity index is 2.50. The Morgan fingerprint density at radius 2 is 1.35 bits per heavy atom. The highest BCUT2D eigenvalue weighted by Gasteiger charge is 2.19. The van der Waals surface area contributed by atoms with Crippen LogP contribution in [0.1, 0.15) is 32.6 Å². The lowest BCUT2D eigenvalue weighted by Crippen LogP contribution is -2.13. The Bertz CT molecular complexity index is 454. The minimum atomic E-state index is -0.483. The quantitative estimate of drug-likeness (QED) is 0.514. The zero-order valence-corrected chi connectivity index (χ0v) is 12.5. The number of rotatable bonds is 6. The minimum Gasteiger partial charge on any atom is -0.208 e. The van der Waals surface area contributed by atoms with Crippen LogP contribution in [0.5, 0.6) is 0 Å². The van der Waals surface area contributed by atoms with Gasteiger partial charge in [-0.05, 0) is 41.9 Å². The van der Waals surface area contributed by atoms with Crippen molar-refractivity contribution in [3.8, 4) is 0 Å². The Kier molecular flexibility index (Phi) is 6.44. The molecule has 1 rings (SSSR count). The molecule has 0 saturated heterocycles. The molecule has 0 unspecified atom stereocenters. The molecule has 0 aromatic rings. The summed E-state index contributed by atoms with van der Waals surface area (Å²) >= 11 is 0. The Morgan fingerprint density at radius 1 is 0.850 bits per heavy atom. The fourth-order valence-corrected chi connectivity index (χ4v) is 2.38. The van der Waals surface area contributed by atoms with Crippen molar-refractivity contribution in [1.82, 2.24) is 0 Å². The van der Waals surface area contributed by atoms with E-state index in [9.17, 15) is 4.39 Å². The second kappa shape index (κ2) is 7.84. The van der Waals surface area contributed by atoms with E-state index in [1.165, 1.54) is 31.8 Å². The summed E-state index contributed by atoms with van der Waals surface area (Å²) in [7, 11) is 0. The monoisotopic (exact) mass is 272 g/mol. The molecule has 20 heavy (non-hydrogen) atoms. The van der Waals surface area contributed by atoms with Gasteiger partial charge in [-0.15, -0.1) is 0 Å². The van der Waals surface area contributed by atoms with Gasteiger partial charge in [-0.3, -0.25) is 0 Å². The highest BCUT2D eigenvalue weighted by atomic mass is 19.1. The molecule has 0 spiro atoms. The fourth-order valence-electron chi connectivity index (χ4n) is 2.38. The van der Waals surface area contributed by atoms with E-state index in [4.69, 9.17) is 0 Å². The zero-order valence-electron chi connectivity index (χ0n) is 12.5. The van der Waals surface area contributed by atoms with Gasteiger partial charge in [0.15, 0.2) is 0 Å². The van der Waals surface area contributed by atoms with E-state index in [0.717, 1.165) is 17.1 Å². The minimum absolute atomic E-state index is 0.483. The maximum atomic E-state index is 12.5.